The van der Waals surface area contributed by atoms with Gasteiger partial charge in [-0.05, 0) is 107 Å². The van der Waals surface area contributed by atoms with Crippen LogP contribution in [0.5, 0.6) is 11.5 Å². The Hall–Kier alpha value is -5.30. The van der Waals surface area contributed by atoms with Crippen molar-refractivity contribution < 1.29 is 31.8 Å². The molecule has 12 heteroatoms. The van der Waals surface area contributed by atoms with E-state index in [1.54, 1.807) is 26.4 Å². The van der Waals surface area contributed by atoms with Gasteiger partial charge in [-0.15, -0.1) is 0 Å². The van der Waals surface area contributed by atoms with Crippen LogP contribution in [0.25, 0.3) is 21.5 Å². The molecule has 0 aliphatic heterocycles. The van der Waals surface area contributed by atoms with E-state index < -0.39 is 10.4 Å². The van der Waals surface area contributed by atoms with E-state index in [2.05, 4.69) is 33.2 Å². The summed E-state index contributed by atoms with van der Waals surface area (Å²) < 4.78 is 42.2. The Bertz CT molecular complexity index is 2000. The molecule has 5 aromatic rings. The van der Waals surface area contributed by atoms with Gasteiger partial charge >= 0.3 is 10.4 Å². The minimum absolute atomic E-state index is 0.288. The number of fused-ring (bicyclic) bond motifs is 2. The van der Waals surface area contributed by atoms with E-state index in [0.717, 1.165) is 55.6 Å². The summed E-state index contributed by atoms with van der Waals surface area (Å²) in [6, 6.07) is 31.2. The van der Waals surface area contributed by atoms with Gasteiger partial charge in [0.2, 0.25) is 0 Å². The number of nitrogens with zero attached hydrogens (tertiary/aromatic N) is 2. The topological polar surface area (TPSA) is 159 Å². The van der Waals surface area contributed by atoms with Crippen LogP contribution in [0.3, 0.4) is 0 Å². The van der Waals surface area contributed by atoms with E-state index >= 15 is 0 Å². The van der Waals surface area contributed by atoms with Crippen molar-refractivity contribution in [3.63, 3.8) is 0 Å². The molecule has 1 amide bonds. The van der Waals surface area contributed by atoms with Crippen LogP contribution in [-0.4, -0.2) is 49.1 Å². The summed E-state index contributed by atoms with van der Waals surface area (Å²) >= 11 is 0. The highest BCUT2D eigenvalue weighted by Gasteiger charge is 2.07. The summed E-state index contributed by atoms with van der Waals surface area (Å²) in [5.74, 6) is 1.36. The molecule has 0 bridgehead atoms. The summed E-state index contributed by atoms with van der Waals surface area (Å²) in [6.45, 7) is 3.82. The van der Waals surface area contributed by atoms with Crippen molar-refractivity contribution in [1.82, 2.24) is 5.43 Å². The molecule has 45 heavy (non-hydrogen) atoms. The van der Waals surface area contributed by atoms with Gasteiger partial charge in [-0.1, -0.05) is 36.4 Å². The molecule has 0 spiro atoms. The molecule has 0 aromatic heterocycles. The van der Waals surface area contributed by atoms with Gasteiger partial charge in [-0.25, -0.2) is 5.43 Å². The standard InChI is InChI=1S/C33H30N4O3.H2O4S/c1-21(24-5-7-28-19-31(39-3)15-11-26(28)17-24)34-36-30-13-9-23(10-14-30)33(38)37-35-22(2)25-6-8-29-20-32(40-4)16-12-27(29)18-25;1-5(2,3)4/h5-20,36H,1-4H3,(H,37,38);(H2,1,2,3,4)/b34-21-,35-22+;. The normalized spacial score (nSPS) is 11.9. The van der Waals surface area contributed by atoms with Crippen molar-refractivity contribution in [1.29, 1.82) is 0 Å². The van der Waals surface area contributed by atoms with Gasteiger partial charge in [0.25, 0.3) is 5.91 Å². The number of benzene rings is 5. The van der Waals surface area contributed by atoms with Gasteiger partial charge in [0.15, 0.2) is 0 Å². The number of nitrogens with one attached hydrogen (secondary N) is 2. The predicted octanol–water partition coefficient (Wildman–Crippen LogP) is 6.35. The van der Waals surface area contributed by atoms with Crippen LogP contribution in [0.1, 0.15) is 35.3 Å². The molecule has 0 aliphatic carbocycles. The zero-order valence-corrected chi connectivity index (χ0v) is 25.8. The Labute approximate surface area is 260 Å². The molecule has 0 atom stereocenters. The maximum atomic E-state index is 12.7. The molecular weight excluding hydrogens is 596 g/mol. The Kier molecular flexibility index (Phi) is 10.5. The van der Waals surface area contributed by atoms with Crippen LogP contribution in [0.2, 0.25) is 0 Å². The number of amides is 1. The van der Waals surface area contributed by atoms with E-state index in [4.69, 9.17) is 27.0 Å². The average molecular weight is 629 g/mol. The van der Waals surface area contributed by atoms with Gasteiger partial charge in [-0.2, -0.15) is 18.6 Å². The number of rotatable bonds is 8. The van der Waals surface area contributed by atoms with Crippen molar-refractivity contribution in [2.45, 2.75) is 13.8 Å². The van der Waals surface area contributed by atoms with E-state index in [1.165, 1.54) is 0 Å². The SMILES string of the molecule is COc1ccc2cc(/C(C)=N\Nc3ccc(C(=O)N/N=C(\C)c4ccc5cc(OC)ccc5c4)cc3)ccc2c1.O=S(=O)(O)O. The highest BCUT2D eigenvalue weighted by Crippen LogP contribution is 2.23. The zero-order valence-electron chi connectivity index (χ0n) is 25.0. The first-order valence-corrected chi connectivity index (χ1v) is 14.9. The third-order valence-corrected chi connectivity index (χ3v) is 6.76. The summed E-state index contributed by atoms with van der Waals surface area (Å²) in [4.78, 5) is 12.7. The minimum Gasteiger partial charge on any atom is -0.497 e. The zero-order chi connectivity index (χ0) is 32.6. The van der Waals surface area contributed by atoms with Crippen LogP contribution in [-0.2, 0) is 10.4 Å². The van der Waals surface area contributed by atoms with E-state index in [9.17, 15) is 4.79 Å². The maximum absolute atomic E-state index is 12.7. The Morgan fingerprint density at radius 1 is 0.622 bits per heavy atom. The Balaban J connectivity index is 0.000000854. The van der Waals surface area contributed by atoms with Crippen LogP contribution in [0.4, 0.5) is 5.69 Å². The highest BCUT2D eigenvalue weighted by molar-refractivity contribution is 7.79. The number of methoxy groups -OCH3 is 2. The van der Waals surface area contributed by atoms with Gasteiger partial charge in [0.05, 0.1) is 31.3 Å². The van der Waals surface area contributed by atoms with Crippen LogP contribution >= 0.6 is 0 Å². The van der Waals surface area contributed by atoms with Crippen molar-refractivity contribution in [3.8, 4) is 11.5 Å². The Morgan fingerprint density at radius 2 is 1.02 bits per heavy atom. The van der Waals surface area contributed by atoms with Gasteiger partial charge in [0, 0.05) is 5.56 Å². The lowest BCUT2D eigenvalue weighted by Gasteiger charge is -2.08. The Morgan fingerprint density at radius 3 is 1.49 bits per heavy atom. The third-order valence-electron chi connectivity index (χ3n) is 6.76. The first-order chi connectivity index (χ1) is 21.4. The number of ether oxygens (including phenoxy) is 2. The van der Waals surface area contributed by atoms with Gasteiger partial charge in [0.1, 0.15) is 11.5 Å². The van der Waals surface area contributed by atoms with Crippen molar-refractivity contribution >= 4 is 55.0 Å². The highest BCUT2D eigenvalue weighted by atomic mass is 32.3. The van der Waals surface area contributed by atoms with Crippen molar-refractivity contribution in [2.75, 3.05) is 19.6 Å². The number of hydrazone groups is 2. The lowest BCUT2D eigenvalue weighted by atomic mass is 10.0. The van der Waals surface area contributed by atoms with Gasteiger partial charge in [-0.3, -0.25) is 19.3 Å². The third kappa shape index (κ3) is 9.34. The largest absolute Gasteiger partial charge is 0.497 e. The molecule has 0 fully saturated rings. The van der Waals surface area contributed by atoms with Crippen LogP contribution in [0.15, 0.2) is 107 Å². The first kappa shape index (κ1) is 32.6. The number of carbonyl (C=O) groups is 1. The summed E-state index contributed by atoms with van der Waals surface area (Å²) in [7, 11) is -1.35. The number of hydrogen-bond donors (Lipinski definition) is 4. The van der Waals surface area contributed by atoms with Gasteiger partial charge < -0.3 is 9.47 Å². The fourth-order valence-corrected chi connectivity index (χ4v) is 4.32. The lowest BCUT2D eigenvalue weighted by Crippen LogP contribution is -2.19. The van der Waals surface area contributed by atoms with Crippen LogP contribution < -0.4 is 20.3 Å². The van der Waals surface area contributed by atoms with E-state index in [1.807, 2.05) is 86.6 Å². The molecule has 0 unspecified atom stereocenters. The molecule has 0 saturated heterocycles. The van der Waals surface area contributed by atoms with E-state index in [0.29, 0.717) is 11.3 Å². The minimum atomic E-state index is -4.67. The second-order valence-electron chi connectivity index (χ2n) is 9.83. The lowest BCUT2D eigenvalue weighted by molar-refractivity contribution is 0.0954. The second-order valence-corrected chi connectivity index (χ2v) is 10.7. The molecule has 0 radical (unpaired) electrons. The predicted molar refractivity (Wildman–Crippen MR) is 177 cm³/mol. The van der Waals surface area contributed by atoms with E-state index in [-0.39, 0.29) is 5.91 Å². The quantitative estimate of drug-likeness (QED) is 0.0879. The average Bonchev–Trinajstić information content (AvgIpc) is 3.04. The number of anilines is 1. The number of hydrogen-bond acceptors (Lipinski definition) is 8. The fourth-order valence-electron chi connectivity index (χ4n) is 4.32. The van der Waals surface area contributed by atoms with Crippen molar-refractivity contribution in [3.05, 3.63) is 114 Å². The molecule has 11 nitrogen and oxygen atoms in total. The summed E-state index contributed by atoms with van der Waals surface area (Å²) in [5.41, 5.74) is 10.5. The smallest absolute Gasteiger partial charge is 0.394 e. The molecule has 4 N–H and O–H groups in total. The second kappa shape index (κ2) is 14.4. The maximum Gasteiger partial charge on any atom is 0.394 e. The van der Waals surface area contributed by atoms with Crippen molar-refractivity contribution in [2.24, 2.45) is 10.2 Å². The molecule has 0 aliphatic rings. The summed E-state index contributed by atoms with van der Waals surface area (Å²) in [6.07, 6.45) is 0. The monoisotopic (exact) mass is 628 g/mol. The fraction of sp³-hybridized carbons (Fsp3) is 0.121. The molecule has 0 saturated carbocycles. The molecule has 5 rings (SSSR count). The molecule has 5 aromatic carbocycles. The first-order valence-electron chi connectivity index (χ1n) is 13.5. The number of carbonyl (C=O) groups excluding carboxylic acids is 1. The summed E-state index contributed by atoms with van der Waals surface area (Å²) in [5, 5.41) is 13.2. The molecular formula is C33H32N4O7S. The molecule has 232 valence electrons. The molecule has 0 heterocycles. The van der Waals surface area contributed by atoms with Crippen LogP contribution in [0, 0.1) is 0 Å².